The minimum atomic E-state index is 0.274. The fourth-order valence-corrected chi connectivity index (χ4v) is 2.70. The molecule has 3 N–H and O–H groups in total. The summed E-state index contributed by atoms with van der Waals surface area (Å²) in [7, 11) is 0. The van der Waals surface area contributed by atoms with Crippen LogP contribution in [0.1, 0.15) is 19.3 Å². The van der Waals surface area contributed by atoms with E-state index in [-0.39, 0.29) is 5.91 Å². The third-order valence-electron chi connectivity index (χ3n) is 3.88. The standard InChI is InChI=1S/C17H21N5O/c18-14-5-1-4-13(12-14)17-20-9-7-15(21-17)19-8-3-11-22-10-2-6-16(22)23/h1,4-5,7,9,12H,2-3,6,8,10-11,18H2,(H,19,20,21). The second-order valence-electron chi connectivity index (χ2n) is 5.66. The van der Waals surface area contributed by atoms with Crippen LogP contribution in [0, 0.1) is 0 Å². The van der Waals surface area contributed by atoms with Crippen molar-refractivity contribution in [1.29, 1.82) is 0 Å². The molecule has 120 valence electrons. The molecule has 1 aromatic heterocycles. The molecule has 0 atom stereocenters. The summed E-state index contributed by atoms with van der Waals surface area (Å²) < 4.78 is 0. The molecular weight excluding hydrogens is 290 g/mol. The van der Waals surface area contributed by atoms with Gasteiger partial charge in [-0.3, -0.25) is 4.79 Å². The van der Waals surface area contributed by atoms with Gasteiger partial charge in [0.15, 0.2) is 5.82 Å². The fraction of sp³-hybridized carbons (Fsp3) is 0.353. The zero-order chi connectivity index (χ0) is 16.1. The number of benzene rings is 1. The second kappa shape index (κ2) is 7.09. The van der Waals surface area contributed by atoms with Gasteiger partial charge in [0.25, 0.3) is 0 Å². The summed E-state index contributed by atoms with van der Waals surface area (Å²) in [5.41, 5.74) is 7.39. The number of amides is 1. The van der Waals surface area contributed by atoms with Crippen LogP contribution in [0.2, 0.25) is 0 Å². The summed E-state index contributed by atoms with van der Waals surface area (Å²) in [6, 6.07) is 9.37. The number of likely N-dealkylation sites (tertiary alicyclic amines) is 1. The number of nitrogen functional groups attached to an aromatic ring is 1. The fourth-order valence-electron chi connectivity index (χ4n) is 2.70. The molecule has 0 bridgehead atoms. The monoisotopic (exact) mass is 311 g/mol. The Balaban J connectivity index is 1.54. The minimum absolute atomic E-state index is 0.274. The van der Waals surface area contributed by atoms with E-state index in [1.54, 1.807) is 6.20 Å². The van der Waals surface area contributed by atoms with Gasteiger partial charge in [-0.05, 0) is 31.0 Å². The van der Waals surface area contributed by atoms with Crippen molar-refractivity contribution in [2.24, 2.45) is 0 Å². The van der Waals surface area contributed by atoms with E-state index >= 15 is 0 Å². The first-order chi connectivity index (χ1) is 11.2. The number of carbonyl (C=O) groups excluding carboxylic acids is 1. The van der Waals surface area contributed by atoms with Crippen LogP contribution in [0.25, 0.3) is 11.4 Å². The number of nitrogens with two attached hydrogens (primary N) is 1. The number of aromatic nitrogens is 2. The van der Waals surface area contributed by atoms with Crippen molar-refractivity contribution >= 4 is 17.4 Å². The maximum absolute atomic E-state index is 11.5. The first-order valence-electron chi connectivity index (χ1n) is 7.93. The van der Waals surface area contributed by atoms with Gasteiger partial charge in [-0.15, -0.1) is 0 Å². The third kappa shape index (κ3) is 3.97. The number of nitrogens with one attached hydrogen (secondary N) is 1. The van der Waals surface area contributed by atoms with Gasteiger partial charge < -0.3 is 16.0 Å². The molecule has 0 aliphatic carbocycles. The van der Waals surface area contributed by atoms with Crippen molar-refractivity contribution in [2.75, 3.05) is 30.7 Å². The summed E-state index contributed by atoms with van der Waals surface area (Å²) >= 11 is 0. The van der Waals surface area contributed by atoms with Crippen LogP contribution in [0.3, 0.4) is 0 Å². The van der Waals surface area contributed by atoms with Gasteiger partial charge in [-0.25, -0.2) is 9.97 Å². The molecule has 3 rings (SSSR count). The maximum Gasteiger partial charge on any atom is 0.222 e. The topological polar surface area (TPSA) is 84.1 Å². The Morgan fingerprint density at radius 3 is 3.00 bits per heavy atom. The number of nitrogens with zero attached hydrogens (tertiary/aromatic N) is 3. The van der Waals surface area contributed by atoms with Crippen LogP contribution in [0.4, 0.5) is 11.5 Å². The summed E-state index contributed by atoms with van der Waals surface area (Å²) in [5, 5.41) is 3.29. The quantitative estimate of drug-likeness (QED) is 0.631. The molecule has 23 heavy (non-hydrogen) atoms. The van der Waals surface area contributed by atoms with Crippen molar-refractivity contribution in [1.82, 2.24) is 14.9 Å². The Labute approximate surface area is 135 Å². The molecule has 0 unspecified atom stereocenters. The number of hydrogen-bond donors (Lipinski definition) is 2. The largest absolute Gasteiger partial charge is 0.399 e. The number of anilines is 2. The highest BCUT2D eigenvalue weighted by Gasteiger charge is 2.18. The number of rotatable bonds is 6. The highest BCUT2D eigenvalue weighted by molar-refractivity contribution is 5.78. The first kappa shape index (κ1) is 15.3. The highest BCUT2D eigenvalue weighted by Crippen LogP contribution is 2.18. The van der Waals surface area contributed by atoms with E-state index in [2.05, 4.69) is 15.3 Å². The van der Waals surface area contributed by atoms with Gasteiger partial charge in [0.2, 0.25) is 5.91 Å². The molecule has 2 aromatic rings. The van der Waals surface area contributed by atoms with E-state index in [1.807, 2.05) is 35.2 Å². The lowest BCUT2D eigenvalue weighted by molar-refractivity contribution is -0.127. The Morgan fingerprint density at radius 2 is 2.22 bits per heavy atom. The predicted octanol–water partition coefficient (Wildman–Crippen LogP) is 2.15. The van der Waals surface area contributed by atoms with Crippen molar-refractivity contribution in [3.05, 3.63) is 36.5 Å². The normalized spacial score (nSPS) is 14.3. The molecule has 0 spiro atoms. The van der Waals surface area contributed by atoms with Crippen molar-refractivity contribution in [3.63, 3.8) is 0 Å². The zero-order valence-electron chi connectivity index (χ0n) is 13.0. The van der Waals surface area contributed by atoms with E-state index in [1.165, 1.54) is 0 Å². The van der Waals surface area contributed by atoms with Crippen LogP contribution < -0.4 is 11.1 Å². The van der Waals surface area contributed by atoms with Crippen LogP contribution in [-0.2, 0) is 4.79 Å². The van der Waals surface area contributed by atoms with Gasteiger partial charge in [0.1, 0.15) is 5.82 Å². The molecule has 2 heterocycles. The van der Waals surface area contributed by atoms with Gasteiger partial charge >= 0.3 is 0 Å². The third-order valence-corrected chi connectivity index (χ3v) is 3.88. The molecule has 1 aliphatic rings. The van der Waals surface area contributed by atoms with Crippen LogP contribution >= 0.6 is 0 Å². The lowest BCUT2D eigenvalue weighted by atomic mass is 10.2. The Kier molecular flexibility index (Phi) is 4.71. The van der Waals surface area contributed by atoms with Crippen LogP contribution in [0.5, 0.6) is 0 Å². The smallest absolute Gasteiger partial charge is 0.222 e. The lowest BCUT2D eigenvalue weighted by Gasteiger charge is -2.15. The van der Waals surface area contributed by atoms with Crippen molar-refractivity contribution in [2.45, 2.75) is 19.3 Å². The average Bonchev–Trinajstić information content (AvgIpc) is 2.97. The van der Waals surface area contributed by atoms with E-state index in [0.717, 1.165) is 43.9 Å². The molecule has 1 aromatic carbocycles. The van der Waals surface area contributed by atoms with Gasteiger partial charge in [-0.1, -0.05) is 12.1 Å². The van der Waals surface area contributed by atoms with E-state index < -0.39 is 0 Å². The zero-order valence-corrected chi connectivity index (χ0v) is 13.0. The van der Waals surface area contributed by atoms with E-state index in [0.29, 0.717) is 17.9 Å². The maximum atomic E-state index is 11.5. The summed E-state index contributed by atoms with van der Waals surface area (Å²) in [6.07, 6.45) is 4.33. The molecule has 1 saturated heterocycles. The van der Waals surface area contributed by atoms with Gasteiger partial charge in [-0.2, -0.15) is 0 Å². The summed E-state index contributed by atoms with van der Waals surface area (Å²) in [6.45, 7) is 2.47. The number of carbonyl (C=O) groups is 1. The number of hydrogen-bond acceptors (Lipinski definition) is 5. The van der Waals surface area contributed by atoms with E-state index in [4.69, 9.17) is 5.73 Å². The Morgan fingerprint density at radius 1 is 1.30 bits per heavy atom. The Bertz CT molecular complexity index is 688. The Hall–Kier alpha value is -2.63. The predicted molar refractivity (Wildman–Crippen MR) is 90.8 cm³/mol. The first-order valence-corrected chi connectivity index (χ1v) is 7.93. The molecule has 6 nitrogen and oxygen atoms in total. The van der Waals surface area contributed by atoms with Gasteiger partial charge in [0, 0.05) is 43.5 Å². The molecule has 1 amide bonds. The lowest BCUT2D eigenvalue weighted by Crippen LogP contribution is -2.27. The SMILES string of the molecule is Nc1cccc(-c2nccc(NCCCN3CCCC3=O)n2)c1. The molecule has 6 heteroatoms. The summed E-state index contributed by atoms with van der Waals surface area (Å²) in [4.78, 5) is 22.3. The minimum Gasteiger partial charge on any atom is -0.399 e. The van der Waals surface area contributed by atoms with Crippen molar-refractivity contribution in [3.8, 4) is 11.4 Å². The molecule has 0 radical (unpaired) electrons. The molecular formula is C17H21N5O. The molecule has 1 fully saturated rings. The van der Waals surface area contributed by atoms with Crippen LogP contribution in [-0.4, -0.2) is 40.4 Å². The molecule has 0 saturated carbocycles. The van der Waals surface area contributed by atoms with E-state index in [9.17, 15) is 4.79 Å². The molecule has 1 aliphatic heterocycles. The highest BCUT2D eigenvalue weighted by atomic mass is 16.2. The second-order valence-corrected chi connectivity index (χ2v) is 5.66. The van der Waals surface area contributed by atoms with Crippen molar-refractivity contribution < 1.29 is 4.79 Å². The van der Waals surface area contributed by atoms with Gasteiger partial charge in [0.05, 0.1) is 0 Å². The summed E-state index contributed by atoms with van der Waals surface area (Å²) in [5.74, 6) is 1.71. The van der Waals surface area contributed by atoms with Crippen LogP contribution in [0.15, 0.2) is 36.5 Å². The average molecular weight is 311 g/mol.